The molecule has 1 fully saturated rings. The summed E-state index contributed by atoms with van der Waals surface area (Å²) in [6.45, 7) is 7.44. The van der Waals surface area contributed by atoms with Gasteiger partial charge in [0.15, 0.2) is 0 Å². The number of rotatable bonds is 7. The Morgan fingerprint density at radius 3 is 2.84 bits per heavy atom. The monoisotopic (exact) mass is 259 g/mol. The average Bonchev–Trinajstić information content (AvgIpc) is 2.97. The van der Waals surface area contributed by atoms with Crippen molar-refractivity contribution >= 4 is 0 Å². The Labute approximate surface area is 116 Å². The second kappa shape index (κ2) is 7.34. The molecule has 104 valence electrons. The van der Waals surface area contributed by atoms with Crippen LogP contribution in [0, 0.1) is 5.92 Å². The van der Waals surface area contributed by atoms with Gasteiger partial charge in [0, 0.05) is 18.2 Å². The first-order chi connectivity index (χ1) is 9.31. The summed E-state index contributed by atoms with van der Waals surface area (Å²) in [7, 11) is 0. The van der Waals surface area contributed by atoms with Crippen molar-refractivity contribution in [3.8, 4) is 5.75 Å². The first-order valence-corrected chi connectivity index (χ1v) is 7.36. The van der Waals surface area contributed by atoms with Crippen molar-refractivity contribution in [3.05, 3.63) is 42.5 Å². The van der Waals surface area contributed by atoms with Gasteiger partial charge in [-0.1, -0.05) is 43.7 Å². The second-order valence-electron chi connectivity index (χ2n) is 5.42. The van der Waals surface area contributed by atoms with Gasteiger partial charge in [0.1, 0.15) is 12.4 Å². The molecule has 0 spiro atoms. The Balaban J connectivity index is 1.89. The normalized spacial score (nSPS) is 17.3. The number of hydrogen-bond donors (Lipinski definition) is 1. The highest BCUT2D eigenvalue weighted by atomic mass is 16.5. The fourth-order valence-corrected chi connectivity index (χ4v) is 2.83. The van der Waals surface area contributed by atoms with Gasteiger partial charge in [-0.25, -0.2) is 0 Å². The molecule has 2 nitrogen and oxygen atoms in total. The molecule has 1 aliphatic rings. The lowest BCUT2D eigenvalue weighted by Gasteiger charge is -2.21. The predicted octanol–water partition coefficient (Wildman–Crippen LogP) is 3.92. The van der Waals surface area contributed by atoms with Crippen LogP contribution in [0.4, 0.5) is 0 Å². The van der Waals surface area contributed by atoms with E-state index in [9.17, 15) is 0 Å². The lowest BCUT2D eigenvalue weighted by Crippen LogP contribution is -2.31. The van der Waals surface area contributed by atoms with Crippen molar-refractivity contribution in [2.24, 2.45) is 5.92 Å². The minimum atomic E-state index is 0.565. The van der Waals surface area contributed by atoms with Crippen LogP contribution in [-0.4, -0.2) is 12.6 Å². The molecule has 1 atom stereocenters. The standard InChI is InChI=1S/C17H25NO/c1-3-12-19-17-11-7-6-10-16(17)13-18-14(2)15-8-4-5-9-15/h3,6-7,10-11,14-15,18H,1,4-5,8-9,12-13H2,2H3/t14-/m1/s1. The van der Waals surface area contributed by atoms with E-state index in [1.165, 1.54) is 31.2 Å². The molecule has 0 aromatic heterocycles. The van der Waals surface area contributed by atoms with E-state index in [0.717, 1.165) is 18.2 Å². The van der Waals surface area contributed by atoms with Crippen LogP contribution in [0.2, 0.25) is 0 Å². The fraction of sp³-hybridized carbons (Fsp3) is 0.529. The van der Waals surface area contributed by atoms with Gasteiger partial charge in [-0.2, -0.15) is 0 Å². The smallest absolute Gasteiger partial charge is 0.124 e. The molecule has 1 aromatic carbocycles. The van der Waals surface area contributed by atoms with Crippen LogP contribution in [0.5, 0.6) is 5.75 Å². The predicted molar refractivity (Wildman–Crippen MR) is 80.4 cm³/mol. The number of para-hydroxylation sites is 1. The van der Waals surface area contributed by atoms with Crippen LogP contribution in [0.1, 0.15) is 38.2 Å². The maximum atomic E-state index is 5.69. The Kier molecular flexibility index (Phi) is 5.46. The van der Waals surface area contributed by atoms with E-state index >= 15 is 0 Å². The van der Waals surface area contributed by atoms with E-state index in [1.54, 1.807) is 6.08 Å². The van der Waals surface area contributed by atoms with Crippen molar-refractivity contribution < 1.29 is 4.74 Å². The highest BCUT2D eigenvalue weighted by Gasteiger charge is 2.21. The topological polar surface area (TPSA) is 21.3 Å². The van der Waals surface area contributed by atoms with Crippen molar-refractivity contribution in [1.82, 2.24) is 5.32 Å². The number of benzene rings is 1. The molecule has 0 saturated heterocycles. The molecule has 19 heavy (non-hydrogen) atoms. The Hall–Kier alpha value is -1.28. The molecular weight excluding hydrogens is 234 g/mol. The van der Waals surface area contributed by atoms with E-state index in [1.807, 2.05) is 12.1 Å². The lowest BCUT2D eigenvalue weighted by atomic mass is 9.99. The van der Waals surface area contributed by atoms with Crippen molar-refractivity contribution in [3.63, 3.8) is 0 Å². The van der Waals surface area contributed by atoms with E-state index in [4.69, 9.17) is 4.74 Å². The summed E-state index contributed by atoms with van der Waals surface area (Å²) in [6.07, 6.45) is 7.34. The molecule has 0 amide bonds. The molecule has 0 unspecified atom stereocenters. The highest BCUT2D eigenvalue weighted by molar-refractivity contribution is 5.33. The summed E-state index contributed by atoms with van der Waals surface area (Å²) < 4.78 is 5.69. The van der Waals surface area contributed by atoms with Crippen LogP contribution in [0.15, 0.2) is 36.9 Å². The Morgan fingerprint density at radius 2 is 2.11 bits per heavy atom. The summed E-state index contributed by atoms with van der Waals surface area (Å²) in [6, 6.07) is 8.84. The van der Waals surface area contributed by atoms with Gasteiger partial charge in [-0.3, -0.25) is 0 Å². The van der Waals surface area contributed by atoms with E-state index in [-0.39, 0.29) is 0 Å². The molecule has 1 aromatic rings. The van der Waals surface area contributed by atoms with Crippen molar-refractivity contribution in [1.29, 1.82) is 0 Å². The van der Waals surface area contributed by atoms with Gasteiger partial charge < -0.3 is 10.1 Å². The van der Waals surface area contributed by atoms with Crippen LogP contribution >= 0.6 is 0 Å². The molecule has 2 heteroatoms. The molecule has 0 bridgehead atoms. The third kappa shape index (κ3) is 4.10. The molecule has 0 aliphatic heterocycles. The van der Waals surface area contributed by atoms with Crippen molar-refractivity contribution in [2.75, 3.05) is 6.61 Å². The number of nitrogens with one attached hydrogen (secondary N) is 1. The maximum Gasteiger partial charge on any atom is 0.124 e. The molecule has 0 heterocycles. The minimum absolute atomic E-state index is 0.565. The number of ether oxygens (including phenoxy) is 1. The Bertz CT molecular complexity index is 396. The van der Waals surface area contributed by atoms with Crippen LogP contribution in [0.25, 0.3) is 0 Å². The van der Waals surface area contributed by atoms with Gasteiger partial charge in [-0.05, 0) is 31.7 Å². The molecule has 1 N–H and O–H groups in total. The zero-order valence-electron chi connectivity index (χ0n) is 11.9. The summed E-state index contributed by atoms with van der Waals surface area (Å²) in [4.78, 5) is 0. The molecule has 1 saturated carbocycles. The van der Waals surface area contributed by atoms with E-state index < -0.39 is 0 Å². The summed E-state index contributed by atoms with van der Waals surface area (Å²) in [5, 5.41) is 3.65. The van der Waals surface area contributed by atoms with Crippen LogP contribution in [-0.2, 0) is 6.54 Å². The second-order valence-corrected chi connectivity index (χ2v) is 5.42. The third-order valence-electron chi connectivity index (χ3n) is 4.05. The van der Waals surface area contributed by atoms with Crippen molar-refractivity contribution in [2.45, 2.75) is 45.2 Å². The first kappa shape index (κ1) is 14.1. The summed E-state index contributed by atoms with van der Waals surface area (Å²) in [5.41, 5.74) is 1.23. The Morgan fingerprint density at radius 1 is 1.37 bits per heavy atom. The summed E-state index contributed by atoms with van der Waals surface area (Å²) in [5.74, 6) is 1.81. The van der Waals surface area contributed by atoms with E-state index in [2.05, 4.69) is 31.0 Å². The van der Waals surface area contributed by atoms with Crippen LogP contribution in [0.3, 0.4) is 0 Å². The SMILES string of the molecule is C=CCOc1ccccc1CN[C@H](C)C1CCCC1. The van der Waals surface area contributed by atoms with E-state index in [0.29, 0.717) is 12.6 Å². The average molecular weight is 259 g/mol. The number of hydrogen-bond acceptors (Lipinski definition) is 2. The third-order valence-corrected chi connectivity index (χ3v) is 4.05. The van der Waals surface area contributed by atoms with Gasteiger partial charge in [0.2, 0.25) is 0 Å². The molecule has 2 rings (SSSR count). The largest absolute Gasteiger partial charge is 0.489 e. The van der Waals surface area contributed by atoms with Gasteiger partial charge in [0.25, 0.3) is 0 Å². The minimum Gasteiger partial charge on any atom is -0.489 e. The summed E-state index contributed by atoms with van der Waals surface area (Å²) >= 11 is 0. The quantitative estimate of drug-likeness (QED) is 0.749. The lowest BCUT2D eigenvalue weighted by molar-refractivity contribution is 0.349. The fourth-order valence-electron chi connectivity index (χ4n) is 2.83. The van der Waals surface area contributed by atoms with Crippen LogP contribution < -0.4 is 10.1 Å². The van der Waals surface area contributed by atoms with Gasteiger partial charge in [0.05, 0.1) is 0 Å². The van der Waals surface area contributed by atoms with Gasteiger partial charge >= 0.3 is 0 Å². The molecule has 0 radical (unpaired) electrons. The van der Waals surface area contributed by atoms with Gasteiger partial charge in [-0.15, -0.1) is 0 Å². The first-order valence-electron chi connectivity index (χ1n) is 7.36. The zero-order chi connectivity index (χ0) is 13.5. The maximum absolute atomic E-state index is 5.69. The zero-order valence-corrected chi connectivity index (χ0v) is 11.9. The molecule has 1 aliphatic carbocycles. The highest BCUT2D eigenvalue weighted by Crippen LogP contribution is 2.28. The molecular formula is C17H25NO.